The fraction of sp³-hybridized carbons (Fsp3) is 0.261. The van der Waals surface area contributed by atoms with Gasteiger partial charge in [-0.2, -0.15) is 5.10 Å². The summed E-state index contributed by atoms with van der Waals surface area (Å²) in [5.74, 6) is -0.905. The molecule has 0 bridgehead atoms. The molecule has 1 aliphatic rings. The summed E-state index contributed by atoms with van der Waals surface area (Å²) in [7, 11) is 0. The van der Waals surface area contributed by atoms with Crippen molar-refractivity contribution in [1.29, 1.82) is 0 Å². The smallest absolute Gasteiger partial charge is 0.411 e. The maximum absolute atomic E-state index is 12.5. The van der Waals surface area contributed by atoms with E-state index in [0.717, 1.165) is 11.1 Å². The Labute approximate surface area is 174 Å². The van der Waals surface area contributed by atoms with Gasteiger partial charge in [-0.25, -0.2) is 4.79 Å². The Morgan fingerprint density at radius 2 is 1.67 bits per heavy atom. The molecule has 0 radical (unpaired) electrons. The molecule has 0 fully saturated rings. The fourth-order valence-corrected chi connectivity index (χ4v) is 4.03. The summed E-state index contributed by atoms with van der Waals surface area (Å²) in [5.41, 5.74) is 6.52. The molecule has 7 nitrogen and oxygen atoms in total. The van der Waals surface area contributed by atoms with Gasteiger partial charge < -0.3 is 9.84 Å². The van der Waals surface area contributed by atoms with Crippen LogP contribution < -0.4 is 5.32 Å². The highest BCUT2D eigenvalue weighted by molar-refractivity contribution is 5.86. The maximum Gasteiger partial charge on any atom is 0.411 e. The molecule has 30 heavy (non-hydrogen) atoms. The molecule has 0 saturated heterocycles. The first-order valence-corrected chi connectivity index (χ1v) is 9.83. The number of fused-ring (bicyclic) bond motifs is 3. The number of carbonyl (C=O) groups is 2. The van der Waals surface area contributed by atoms with E-state index in [1.165, 1.54) is 11.1 Å². The van der Waals surface area contributed by atoms with Gasteiger partial charge in [0.05, 0.1) is 30.0 Å². The number of amides is 1. The molecule has 0 unspecified atom stereocenters. The van der Waals surface area contributed by atoms with E-state index in [1.54, 1.807) is 18.5 Å². The zero-order valence-corrected chi connectivity index (χ0v) is 16.9. The van der Waals surface area contributed by atoms with Crippen LogP contribution in [0.4, 0.5) is 10.5 Å². The summed E-state index contributed by atoms with van der Waals surface area (Å²) in [4.78, 5) is 23.3. The minimum Gasteiger partial charge on any atom is -0.481 e. The van der Waals surface area contributed by atoms with Crippen LogP contribution in [0.2, 0.25) is 0 Å². The predicted octanol–water partition coefficient (Wildman–Crippen LogP) is 4.34. The Hall–Kier alpha value is -3.61. The number of aliphatic carboxylic acids is 1. The zero-order chi connectivity index (χ0) is 21.3. The van der Waals surface area contributed by atoms with Crippen LogP contribution in [0.5, 0.6) is 0 Å². The van der Waals surface area contributed by atoms with Gasteiger partial charge in [0.15, 0.2) is 0 Å². The zero-order valence-electron chi connectivity index (χ0n) is 16.9. The van der Waals surface area contributed by atoms with Gasteiger partial charge in [0.2, 0.25) is 0 Å². The average molecular weight is 405 g/mol. The van der Waals surface area contributed by atoms with Crippen molar-refractivity contribution in [2.75, 3.05) is 11.9 Å². The Kier molecular flexibility index (Phi) is 5.27. The second kappa shape index (κ2) is 8.02. The van der Waals surface area contributed by atoms with Crippen LogP contribution in [0.15, 0.2) is 48.5 Å². The first-order valence-electron chi connectivity index (χ1n) is 9.83. The highest BCUT2D eigenvalue weighted by Crippen LogP contribution is 2.44. The van der Waals surface area contributed by atoms with Crippen molar-refractivity contribution in [2.24, 2.45) is 0 Å². The highest BCUT2D eigenvalue weighted by atomic mass is 16.5. The van der Waals surface area contributed by atoms with E-state index in [9.17, 15) is 9.59 Å². The van der Waals surface area contributed by atoms with Gasteiger partial charge in [-0.15, -0.1) is 0 Å². The summed E-state index contributed by atoms with van der Waals surface area (Å²) < 4.78 is 7.17. The lowest BCUT2D eigenvalue weighted by Gasteiger charge is -2.14. The third-order valence-electron chi connectivity index (χ3n) is 5.49. The first-order chi connectivity index (χ1) is 14.5. The third kappa shape index (κ3) is 3.66. The molecular weight excluding hydrogens is 382 g/mol. The summed E-state index contributed by atoms with van der Waals surface area (Å²) in [5, 5.41) is 16.0. The van der Waals surface area contributed by atoms with Gasteiger partial charge in [0.25, 0.3) is 0 Å². The average Bonchev–Trinajstić information content (AvgIpc) is 3.20. The molecule has 0 saturated carbocycles. The van der Waals surface area contributed by atoms with E-state index >= 15 is 0 Å². The molecule has 154 valence electrons. The van der Waals surface area contributed by atoms with Crippen LogP contribution in [0.1, 0.15) is 34.9 Å². The van der Waals surface area contributed by atoms with Gasteiger partial charge in [-0.1, -0.05) is 48.5 Å². The Morgan fingerprint density at radius 3 is 2.27 bits per heavy atom. The van der Waals surface area contributed by atoms with E-state index < -0.39 is 12.1 Å². The van der Waals surface area contributed by atoms with Gasteiger partial charge in [0, 0.05) is 5.92 Å². The van der Waals surface area contributed by atoms with Gasteiger partial charge in [-0.05, 0) is 36.1 Å². The lowest BCUT2D eigenvalue weighted by atomic mass is 9.98. The van der Waals surface area contributed by atoms with Crippen molar-refractivity contribution in [3.63, 3.8) is 0 Å². The topological polar surface area (TPSA) is 93.5 Å². The number of hydrogen-bond donors (Lipinski definition) is 2. The van der Waals surface area contributed by atoms with E-state index in [0.29, 0.717) is 17.1 Å². The number of carbonyl (C=O) groups excluding carboxylic acids is 1. The molecule has 0 atom stereocenters. The van der Waals surface area contributed by atoms with Crippen LogP contribution in [0.25, 0.3) is 11.1 Å². The maximum atomic E-state index is 12.5. The van der Waals surface area contributed by atoms with Gasteiger partial charge in [-0.3, -0.25) is 14.8 Å². The van der Waals surface area contributed by atoms with Crippen molar-refractivity contribution in [2.45, 2.75) is 32.7 Å². The molecule has 7 heteroatoms. The second-order valence-corrected chi connectivity index (χ2v) is 7.36. The Balaban J connectivity index is 1.46. The largest absolute Gasteiger partial charge is 0.481 e. The summed E-state index contributed by atoms with van der Waals surface area (Å²) in [6.45, 7) is 4.03. The number of anilines is 1. The number of rotatable bonds is 6. The molecule has 3 aromatic rings. The quantitative estimate of drug-likeness (QED) is 0.636. The lowest BCUT2D eigenvalue weighted by molar-refractivity contribution is -0.137. The van der Waals surface area contributed by atoms with Crippen LogP contribution in [-0.4, -0.2) is 33.6 Å². The van der Waals surface area contributed by atoms with Crippen LogP contribution >= 0.6 is 0 Å². The minimum atomic E-state index is -0.895. The molecule has 2 N–H and O–H groups in total. The molecule has 0 spiro atoms. The monoisotopic (exact) mass is 405 g/mol. The van der Waals surface area contributed by atoms with Crippen LogP contribution in [0, 0.1) is 13.8 Å². The van der Waals surface area contributed by atoms with E-state index in [4.69, 9.17) is 9.84 Å². The minimum absolute atomic E-state index is 0.0105. The van der Waals surface area contributed by atoms with E-state index in [2.05, 4.69) is 34.7 Å². The number of ether oxygens (including phenoxy) is 1. The lowest BCUT2D eigenvalue weighted by Crippen LogP contribution is -2.18. The molecular formula is C23H23N3O4. The van der Waals surface area contributed by atoms with Crippen molar-refractivity contribution in [3.8, 4) is 11.1 Å². The number of aryl methyl sites for hydroxylation is 2. The first kappa shape index (κ1) is 19.7. The fourth-order valence-electron chi connectivity index (χ4n) is 4.03. The van der Waals surface area contributed by atoms with Gasteiger partial charge >= 0.3 is 12.1 Å². The Morgan fingerprint density at radius 1 is 1.07 bits per heavy atom. The molecule has 1 aromatic heterocycles. The van der Waals surface area contributed by atoms with Crippen LogP contribution in [0.3, 0.4) is 0 Å². The standard InChI is InChI=1S/C23H23N3O4/c1-14-22(15(2)26(25-14)12-11-21(27)28)24-23(29)30-13-20-18-9-5-3-7-16(18)17-8-4-6-10-19(17)20/h3-10,20H,11-13H2,1-2H3,(H,24,29)(H,27,28). The van der Waals surface area contributed by atoms with Crippen molar-refractivity contribution < 1.29 is 19.4 Å². The second-order valence-electron chi connectivity index (χ2n) is 7.36. The van der Waals surface area contributed by atoms with Gasteiger partial charge in [0.1, 0.15) is 6.61 Å². The summed E-state index contributed by atoms with van der Waals surface area (Å²) >= 11 is 0. The number of nitrogens with zero attached hydrogens (tertiary/aromatic N) is 2. The molecule has 2 aromatic carbocycles. The summed E-state index contributed by atoms with van der Waals surface area (Å²) in [6.07, 6.45) is -0.590. The normalized spacial score (nSPS) is 12.3. The molecule has 1 amide bonds. The van der Waals surface area contributed by atoms with Crippen molar-refractivity contribution >= 4 is 17.7 Å². The number of benzene rings is 2. The van der Waals surface area contributed by atoms with E-state index in [1.807, 2.05) is 24.3 Å². The number of hydrogen-bond acceptors (Lipinski definition) is 4. The highest BCUT2D eigenvalue weighted by Gasteiger charge is 2.29. The molecule has 1 aliphatic carbocycles. The van der Waals surface area contributed by atoms with E-state index in [-0.39, 0.29) is 25.5 Å². The van der Waals surface area contributed by atoms with Crippen molar-refractivity contribution in [1.82, 2.24) is 9.78 Å². The Bertz CT molecular complexity index is 1070. The molecule has 0 aliphatic heterocycles. The molecule has 4 rings (SSSR count). The van der Waals surface area contributed by atoms with Crippen molar-refractivity contribution in [3.05, 3.63) is 71.0 Å². The number of carboxylic acid groups (broad SMARTS) is 1. The summed E-state index contributed by atoms with van der Waals surface area (Å²) in [6, 6.07) is 16.3. The number of aromatic nitrogens is 2. The predicted molar refractivity (Wildman–Crippen MR) is 113 cm³/mol. The van der Waals surface area contributed by atoms with Crippen LogP contribution in [-0.2, 0) is 16.1 Å². The number of nitrogens with one attached hydrogen (secondary N) is 1. The third-order valence-corrected chi connectivity index (χ3v) is 5.49. The molecule has 1 heterocycles. The SMILES string of the molecule is Cc1nn(CCC(=O)O)c(C)c1NC(=O)OCC1c2ccccc2-c2ccccc21. The number of carboxylic acids is 1.